The van der Waals surface area contributed by atoms with Crippen molar-refractivity contribution in [3.8, 4) is 0 Å². The van der Waals surface area contributed by atoms with E-state index in [1.54, 1.807) is 32.9 Å². The van der Waals surface area contributed by atoms with Crippen molar-refractivity contribution in [2.24, 2.45) is 28.1 Å². The molecule has 4 fully saturated rings. The maximum Gasteiger partial charge on any atom is 0.334 e. The van der Waals surface area contributed by atoms with Crippen molar-refractivity contribution in [3.63, 3.8) is 0 Å². The molecule has 11 nitrogen and oxygen atoms in total. The number of Topliss-reactive ketones (excluding diaryl/α,β-unsaturated/α-hetero) is 1. The number of aliphatic hydroxyl groups is 1. The van der Waals surface area contributed by atoms with Crippen LogP contribution in [0.5, 0.6) is 0 Å². The van der Waals surface area contributed by atoms with E-state index in [4.69, 9.17) is 23.4 Å². The number of fused-ring (bicyclic) bond motifs is 4. The smallest absolute Gasteiger partial charge is 0.334 e. The van der Waals surface area contributed by atoms with Crippen LogP contribution in [0.25, 0.3) is 0 Å². The number of allylic oxidation sites excluding steroid dienone is 1. The molecule has 1 saturated heterocycles. The first-order chi connectivity index (χ1) is 21.1. The van der Waals surface area contributed by atoms with Crippen LogP contribution in [0.1, 0.15) is 85.3 Å². The fraction of sp³-hybridized carbons (Fsp3) is 0.618. The standard InChI is InChI=1S/C34H40O11/c1-8-17(2)28(39)45-33-16-31(5)22(14-23(36)41-7)32(33,6)20-9-11-30(4)21(13-24(37)44-27(30)19-10-12-42-15-19)25(20)26(38)34(33,40)29(31)43-18(3)35/h8,10,12,15,20,22,27,29,40H,9,11,13-14,16H2,1-7H3/b17-8+/t20-,22-,27-,29-,30+,31+,32+,33+,34+/m0/s1. The molecule has 2 bridgehead atoms. The molecule has 5 aliphatic rings. The van der Waals surface area contributed by atoms with Gasteiger partial charge in [-0.2, -0.15) is 0 Å². The van der Waals surface area contributed by atoms with Gasteiger partial charge in [-0.25, -0.2) is 4.79 Å². The number of hydrogen-bond donors (Lipinski definition) is 1. The molecule has 0 amide bonds. The molecule has 45 heavy (non-hydrogen) atoms. The van der Waals surface area contributed by atoms with Gasteiger partial charge in [0.2, 0.25) is 5.60 Å². The highest BCUT2D eigenvalue weighted by molar-refractivity contribution is 6.08. The van der Waals surface area contributed by atoms with Gasteiger partial charge in [-0.1, -0.05) is 26.8 Å². The summed E-state index contributed by atoms with van der Waals surface area (Å²) in [6.07, 6.45) is 2.91. The third-order valence-corrected chi connectivity index (χ3v) is 12.1. The van der Waals surface area contributed by atoms with Crippen LogP contribution >= 0.6 is 0 Å². The highest BCUT2D eigenvalue weighted by Crippen LogP contribution is 2.81. The van der Waals surface area contributed by atoms with Gasteiger partial charge in [0.1, 0.15) is 12.2 Å². The van der Waals surface area contributed by atoms with Crippen LogP contribution in [0.3, 0.4) is 0 Å². The average molecular weight is 625 g/mol. The topological polar surface area (TPSA) is 156 Å². The Hall–Kier alpha value is -3.73. The third-order valence-electron chi connectivity index (χ3n) is 12.1. The second-order valence-electron chi connectivity index (χ2n) is 14.1. The number of rotatable bonds is 6. The van der Waals surface area contributed by atoms with Crippen LogP contribution in [0, 0.1) is 28.1 Å². The Labute approximate surface area is 261 Å². The largest absolute Gasteiger partial charge is 0.472 e. The lowest BCUT2D eigenvalue weighted by Crippen LogP contribution is -2.79. The maximum absolute atomic E-state index is 15.1. The highest BCUT2D eigenvalue weighted by Gasteiger charge is 2.92. The van der Waals surface area contributed by atoms with E-state index in [-0.39, 0.29) is 30.4 Å². The SMILES string of the molecule is C/C=C(\C)C(=O)O[C@]12C[C@]3(C)[C@H](CC(=O)OC)[C@@]1(C)[C@H]1CC[C@]4(C)C(=C1C(=O)[C@@]2(O)[C@H]3OC(C)=O)CC(=O)O[C@H]4c1ccoc1. The first kappa shape index (κ1) is 31.3. The van der Waals surface area contributed by atoms with Crippen LogP contribution in [-0.2, 0) is 42.9 Å². The van der Waals surface area contributed by atoms with Crippen LogP contribution in [0.4, 0.5) is 0 Å². The first-order valence-electron chi connectivity index (χ1n) is 15.4. The summed E-state index contributed by atoms with van der Waals surface area (Å²) < 4.78 is 28.5. The summed E-state index contributed by atoms with van der Waals surface area (Å²) >= 11 is 0. The Morgan fingerprint density at radius 1 is 1.16 bits per heavy atom. The zero-order chi connectivity index (χ0) is 32.9. The number of ketones is 1. The molecule has 0 radical (unpaired) electrons. The minimum Gasteiger partial charge on any atom is -0.472 e. The van der Waals surface area contributed by atoms with Crippen LogP contribution < -0.4 is 0 Å². The summed E-state index contributed by atoms with van der Waals surface area (Å²) in [7, 11) is 1.28. The van der Waals surface area contributed by atoms with E-state index in [1.807, 2.05) is 13.8 Å². The number of esters is 4. The molecule has 1 aliphatic heterocycles. The quantitative estimate of drug-likeness (QED) is 0.276. The predicted octanol–water partition coefficient (Wildman–Crippen LogP) is 4.08. The van der Waals surface area contributed by atoms with Gasteiger partial charge in [-0.15, -0.1) is 0 Å². The molecule has 0 spiro atoms. The molecule has 1 N–H and O–H groups in total. The van der Waals surface area contributed by atoms with Gasteiger partial charge in [0.15, 0.2) is 11.4 Å². The second-order valence-corrected chi connectivity index (χ2v) is 14.1. The Morgan fingerprint density at radius 3 is 2.47 bits per heavy atom. The van der Waals surface area contributed by atoms with Crippen LogP contribution in [-0.4, -0.2) is 59.2 Å². The molecule has 1 aromatic rings. The zero-order valence-electron chi connectivity index (χ0n) is 26.7. The second kappa shape index (κ2) is 9.88. The van der Waals surface area contributed by atoms with Gasteiger partial charge < -0.3 is 28.5 Å². The number of carbonyl (C=O) groups excluding carboxylic acids is 5. The number of ether oxygens (including phenoxy) is 4. The van der Waals surface area contributed by atoms with Gasteiger partial charge in [-0.05, 0) is 50.2 Å². The molecular weight excluding hydrogens is 584 g/mol. The third kappa shape index (κ3) is 3.70. The summed E-state index contributed by atoms with van der Waals surface area (Å²) in [5, 5.41) is 13.0. The summed E-state index contributed by atoms with van der Waals surface area (Å²) in [6.45, 7) is 9.99. The Balaban J connectivity index is 1.66. The number of carbonyl (C=O) groups is 5. The lowest BCUT2D eigenvalue weighted by molar-refractivity contribution is -0.277. The monoisotopic (exact) mass is 624 g/mol. The lowest BCUT2D eigenvalue weighted by Gasteiger charge is -2.66. The van der Waals surface area contributed by atoms with Crippen molar-refractivity contribution in [2.75, 3.05) is 7.11 Å². The predicted molar refractivity (Wildman–Crippen MR) is 155 cm³/mol. The number of hydrogen-bond acceptors (Lipinski definition) is 11. The van der Waals surface area contributed by atoms with E-state index in [0.717, 1.165) is 0 Å². The molecule has 0 unspecified atom stereocenters. The molecular formula is C34H40O11. The fourth-order valence-corrected chi connectivity index (χ4v) is 10.1. The van der Waals surface area contributed by atoms with E-state index in [2.05, 4.69) is 0 Å². The van der Waals surface area contributed by atoms with Crippen molar-refractivity contribution in [1.29, 1.82) is 0 Å². The average Bonchev–Trinajstić information content (AvgIpc) is 3.64. The summed E-state index contributed by atoms with van der Waals surface area (Å²) in [5.74, 6) is -4.53. The minimum atomic E-state index is -2.51. The highest BCUT2D eigenvalue weighted by atomic mass is 16.6. The maximum atomic E-state index is 15.1. The van der Waals surface area contributed by atoms with Gasteiger partial charge in [-0.3, -0.25) is 19.2 Å². The van der Waals surface area contributed by atoms with Gasteiger partial charge in [0.05, 0.1) is 26.1 Å². The summed E-state index contributed by atoms with van der Waals surface area (Å²) in [4.78, 5) is 67.6. The molecule has 242 valence electrons. The molecule has 2 heterocycles. The Morgan fingerprint density at radius 2 is 1.87 bits per heavy atom. The Bertz CT molecular complexity index is 1570. The van der Waals surface area contributed by atoms with E-state index in [1.165, 1.54) is 26.6 Å². The van der Waals surface area contributed by atoms with Gasteiger partial charge in [0, 0.05) is 52.7 Å². The lowest BCUT2D eigenvalue weighted by atomic mass is 9.41. The van der Waals surface area contributed by atoms with Crippen molar-refractivity contribution in [1.82, 2.24) is 0 Å². The minimum absolute atomic E-state index is 0.0306. The van der Waals surface area contributed by atoms with Crippen molar-refractivity contribution >= 4 is 29.7 Å². The molecule has 3 saturated carbocycles. The van der Waals surface area contributed by atoms with Crippen molar-refractivity contribution in [2.45, 2.75) is 97.1 Å². The molecule has 9 atom stereocenters. The van der Waals surface area contributed by atoms with Gasteiger partial charge >= 0.3 is 23.9 Å². The fourth-order valence-electron chi connectivity index (χ4n) is 10.1. The van der Waals surface area contributed by atoms with Crippen molar-refractivity contribution < 1.29 is 52.4 Å². The first-order valence-corrected chi connectivity index (χ1v) is 15.4. The molecule has 6 rings (SSSR count). The van der Waals surface area contributed by atoms with E-state index >= 15 is 4.79 Å². The van der Waals surface area contributed by atoms with Crippen LogP contribution in [0.2, 0.25) is 0 Å². The molecule has 1 aromatic heterocycles. The van der Waals surface area contributed by atoms with Crippen LogP contribution in [0.15, 0.2) is 45.8 Å². The number of furan rings is 1. The van der Waals surface area contributed by atoms with E-state index in [9.17, 15) is 24.3 Å². The summed E-state index contributed by atoms with van der Waals surface area (Å²) in [6, 6.07) is 1.71. The zero-order valence-corrected chi connectivity index (χ0v) is 26.7. The molecule has 0 aromatic carbocycles. The summed E-state index contributed by atoms with van der Waals surface area (Å²) in [5.41, 5.74) is -5.89. The molecule has 4 aliphatic carbocycles. The number of cyclic esters (lactones) is 1. The van der Waals surface area contributed by atoms with Crippen molar-refractivity contribution in [3.05, 3.63) is 47.0 Å². The molecule has 11 heteroatoms. The van der Waals surface area contributed by atoms with E-state index < -0.39 is 81.2 Å². The van der Waals surface area contributed by atoms with Gasteiger partial charge in [0.25, 0.3) is 0 Å². The normalized spacial score (nSPS) is 41.6. The van der Waals surface area contributed by atoms with E-state index in [0.29, 0.717) is 24.0 Å². The number of methoxy groups -OCH3 is 1. The Kier molecular flexibility index (Phi) is 6.87.